The number of hydrogen-bond donors (Lipinski definition) is 2. The molecule has 0 aliphatic rings. The van der Waals surface area contributed by atoms with Crippen LogP contribution in [-0.4, -0.2) is 53.9 Å². The van der Waals surface area contributed by atoms with E-state index in [2.05, 4.69) is 0 Å². The first-order valence-electron chi connectivity index (χ1n) is 1.15. The van der Waals surface area contributed by atoms with E-state index in [1.54, 1.807) is 0 Å². The molecule has 0 heterocycles. The van der Waals surface area contributed by atoms with Crippen molar-refractivity contribution in [1.29, 1.82) is 0 Å². The van der Waals surface area contributed by atoms with Crippen molar-refractivity contribution in [3.05, 3.63) is 0 Å². The fourth-order valence-electron chi connectivity index (χ4n) is 0. The van der Waals surface area contributed by atoms with Crippen molar-refractivity contribution < 1.29 is 22.3 Å². The Balaban J connectivity index is -0.000000109. The van der Waals surface area contributed by atoms with Crippen LogP contribution in [0.3, 0.4) is 0 Å². The molecule has 0 radical (unpaired) electrons. The SMILES string of the molecule is C=O.O=S(O)S(=O)O.[NaH]. The maximum atomic E-state index is 9.26. The quantitative estimate of drug-likeness (QED) is 0.294. The van der Waals surface area contributed by atoms with Gasteiger partial charge in [-0.25, -0.2) is 8.42 Å². The van der Waals surface area contributed by atoms with Gasteiger partial charge in [0, 0.05) is 0 Å². The molecule has 0 saturated carbocycles. The molecule has 0 saturated heterocycles. The van der Waals surface area contributed by atoms with Crippen molar-refractivity contribution in [2.24, 2.45) is 0 Å². The van der Waals surface area contributed by atoms with Gasteiger partial charge in [0.1, 0.15) is 6.79 Å². The summed E-state index contributed by atoms with van der Waals surface area (Å²) < 4.78 is 33.6. The summed E-state index contributed by atoms with van der Waals surface area (Å²) in [6.45, 7) is 2.00. The van der Waals surface area contributed by atoms with Crippen molar-refractivity contribution in [3.8, 4) is 0 Å². The van der Waals surface area contributed by atoms with E-state index in [4.69, 9.17) is 13.9 Å². The van der Waals surface area contributed by atoms with Gasteiger partial charge in [-0.1, -0.05) is 0 Å². The summed E-state index contributed by atoms with van der Waals surface area (Å²) in [6.07, 6.45) is 0. The van der Waals surface area contributed by atoms with Gasteiger partial charge in [0.15, 0.2) is 0 Å². The van der Waals surface area contributed by atoms with Gasteiger partial charge in [-0.05, 0) is 0 Å². The fraction of sp³-hybridized carbons (Fsp3) is 0. The average Bonchev–Trinajstić information content (AvgIpc) is 1.72. The first-order chi connectivity index (χ1) is 3.64. The maximum absolute atomic E-state index is 9.26. The molecule has 0 fully saturated rings. The summed E-state index contributed by atoms with van der Waals surface area (Å²) in [5.41, 5.74) is 0. The molecule has 0 aromatic rings. The van der Waals surface area contributed by atoms with Gasteiger partial charge in [0.25, 0.3) is 20.2 Å². The van der Waals surface area contributed by atoms with Gasteiger partial charge in [-0.15, -0.1) is 0 Å². The average molecular weight is 184 g/mol. The molecule has 2 atom stereocenters. The standard InChI is InChI=1S/CH2O.Na.H2O4S2.H/c1-2;;1-5(2)6(3)4;/h1H2;;(H,1,2)(H,3,4);. The van der Waals surface area contributed by atoms with Gasteiger partial charge in [0.2, 0.25) is 0 Å². The summed E-state index contributed by atoms with van der Waals surface area (Å²) in [4.78, 5) is 8.00. The van der Waals surface area contributed by atoms with E-state index in [-0.39, 0.29) is 29.6 Å². The van der Waals surface area contributed by atoms with Crippen molar-refractivity contribution in [3.63, 3.8) is 0 Å². The molecule has 52 valence electrons. The summed E-state index contributed by atoms with van der Waals surface area (Å²) >= 11 is 0. The van der Waals surface area contributed by atoms with Crippen LogP contribution in [0.1, 0.15) is 0 Å². The molecule has 9 heavy (non-hydrogen) atoms. The molecule has 0 bridgehead atoms. The molecule has 0 aliphatic heterocycles. The minimum absolute atomic E-state index is 0. The van der Waals surface area contributed by atoms with E-state index >= 15 is 0 Å². The first kappa shape index (κ1) is 16.5. The predicted octanol–water partition coefficient (Wildman–Crippen LogP) is -1.49. The van der Waals surface area contributed by atoms with Crippen LogP contribution in [-0.2, 0) is 25.0 Å². The second-order valence-electron chi connectivity index (χ2n) is 0.434. The topological polar surface area (TPSA) is 91.7 Å². The van der Waals surface area contributed by atoms with E-state index in [0.29, 0.717) is 0 Å². The third kappa shape index (κ3) is 17.6. The monoisotopic (exact) mass is 184 g/mol. The molecule has 0 aromatic heterocycles. The molecular weight excluding hydrogens is 179 g/mol. The second-order valence-corrected chi connectivity index (χ2v) is 3.01. The Bertz CT molecular complexity index is 91.1. The van der Waals surface area contributed by atoms with Gasteiger partial charge in [-0.3, -0.25) is 9.11 Å². The Morgan fingerprint density at radius 3 is 1.11 bits per heavy atom. The van der Waals surface area contributed by atoms with Crippen LogP contribution in [0.2, 0.25) is 0 Å². The minimum atomic E-state index is -2.59. The molecule has 0 aromatic carbocycles. The molecular formula is CH5NaO5S2. The van der Waals surface area contributed by atoms with E-state index < -0.39 is 20.2 Å². The van der Waals surface area contributed by atoms with Gasteiger partial charge >= 0.3 is 29.6 Å². The van der Waals surface area contributed by atoms with E-state index in [1.807, 2.05) is 6.79 Å². The zero-order valence-electron chi connectivity index (χ0n) is 3.64. The Labute approximate surface area is 78.5 Å². The second kappa shape index (κ2) is 11.7. The molecule has 0 aliphatic carbocycles. The summed E-state index contributed by atoms with van der Waals surface area (Å²) in [7, 11) is -5.18. The normalized spacial score (nSPS) is 13.6. The Kier molecular flexibility index (Phi) is 21.3. The van der Waals surface area contributed by atoms with Crippen molar-refractivity contribution >= 4 is 56.6 Å². The van der Waals surface area contributed by atoms with Crippen molar-refractivity contribution in [2.45, 2.75) is 0 Å². The van der Waals surface area contributed by atoms with Gasteiger partial charge in [0.05, 0.1) is 0 Å². The van der Waals surface area contributed by atoms with E-state index in [9.17, 15) is 8.42 Å². The molecule has 0 amide bonds. The molecule has 2 N–H and O–H groups in total. The van der Waals surface area contributed by atoms with Crippen molar-refractivity contribution in [2.75, 3.05) is 0 Å². The number of carbonyl (C=O) groups is 1. The van der Waals surface area contributed by atoms with Crippen LogP contribution >= 0.6 is 0 Å². The van der Waals surface area contributed by atoms with Crippen LogP contribution in [0, 0.1) is 0 Å². The van der Waals surface area contributed by atoms with E-state index in [0.717, 1.165) is 0 Å². The summed E-state index contributed by atoms with van der Waals surface area (Å²) in [5, 5.41) is 0. The Morgan fingerprint density at radius 2 is 1.11 bits per heavy atom. The number of carbonyl (C=O) groups excluding carboxylic acids is 1. The molecule has 2 unspecified atom stereocenters. The van der Waals surface area contributed by atoms with Crippen molar-refractivity contribution in [1.82, 2.24) is 0 Å². The van der Waals surface area contributed by atoms with Crippen LogP contribution in [0.15, 0.2) is 0 Å². The number of rotatable bonds is 1. The zero-order chi connectivity index (χ0) is 7.15. The van der Waals surface area contributed by atoms with Crippen LogP contribution in [0.4, 0.5) is 0 Å². The summed E-state index contributed by atoms with van der Waals surface area (Å²) in [5.74, 6) is 0. The first-order valence-corrected chi connectivity index (χ1v) is 3.88. The Morgan fingerprint density at radius 1 is 1.00 bits per heavy atom. The van der Waals surface area contributed by atoms with Gasteiger partial charge < -0.3 is 4.79 Å². The molecule has 8 heteroatoms. The van der Waals surface area contributed by atoms with Crippen LogP contribution in [0.25, 0.3) is 0 Å². The molecule has 0 rings (SSSR count). The van der Waals surface area contributed by atoms with Gasteiger partial charge in [-0.2, -0.15) is 0 Å². The third-order valence-corrected chi connectivity index (χ3v) is 1.10. The fourth-order valence-corrected chi connectivity index (χ4v) is 0. The number of hydrogen-bond acceptors (Lipinski definition) is 3. The van der Waals surface area contributed by atoms with E-state index in [1.165, 1.54) is 0 Å². The molecule has 5 nitrogen and oxygen atoms in total. The Hall–Kier alpha value is 0.890. The zero-order valence-corrected chi connectivity index (χ0v) is 5.28. The third-order valence-electron chi connectivity index (χ3n) is 0.122. The molecule has 0 spiro atoms. The predicted molar refractivity (Wildman–Crippen MR) is 35.8 cm³/mol. The van der Waals surface area contributed by atoms with Crippen LogP contribution in [0.5, 0.6) is 0 Å². The summed E-state index contributed by atoms with van der Waals surface area (Å²) in [6, 6.07) is 0. The van der Waals surface area contributed by atoms with Crippen LogP contribution < -0.4 is 0 Å².